The molecule has 6 nitrogen and oxygen atoms in total. The lowest BCUT2D eigenvalue weighted by Crippen LogP contribution is -2.45. The van der Waals surface area contributed by atoms with Gasteiger partial charge in [-0.3, -0.25) is 4.79 Å². The molecule has 0 aromatic heterocycles. The molecule has 1 amide bonds. The number of nitrogens with one attached hydrogen (secondary N) is 1. The van der Waals surface area contributed by atoms with E-state index in [9.17, 15) is 9.18 Å². The van der Waals surface area contributed by atoms with Crippen molar-refractivity contribution < 1.29 is 23.4 Å². The Balaban J connectivity index is 1.65. The number of morpholine rings is 1. The van der Waals surface area contributed by atoms with Gasteiger partial charge in [0.2, 0.25) is 0 Å². The average Bonchev–Trinajstić information content (AvgIpc) is 2.71. The van der Waals surface area contributed by atoms with Crippen LogP contribution in [0.3, 0.4) is 0 Å². The normalized spacial score (nSPS) is 18.8. The lowest BCUT2D eigenvalue weighted by molar-refractivity contribution is -0.00539. The van der Waals surface area contributed by atoms with Crippen LogP contribution in [0, 0.1) is 5.82 Å². The second kappa shape index (κ2) is 9.80. The summed E-state index contributed by atoms with van der Waals surface area (Å²) in [7, 11) is 1.55. The van der Waals surface area contributed by atoms with E-state index in [4.69, 9.17) is 14.2 Å². The van der Waals surface area contributed by atoms with Crippen molar-refractivity contribution in [2.45, 2.75) is 39.5 Å². The zero-order valence-corrected chi connectivity index (χ0v) is 17.9. The minimum absolute atomic E-state index is 0.0539. The van der Waals surface area contributed by atoms with Crippen LogP contribution in [0.15, 0.2) is 36.4 Å². The van der Waals surface area contributed by atoms with Crippen molar-refractivity contribution in [1.82, 2.24) is 5.32 Å². The largest absolute Gasteiger partial charge is 0.493 e. The first-order chi connectivity index (χ1) is 14.4. The summed E-state index contributed by atoms with van der Waals surface area (Å²) < 4.78 is 31.2. The summed E-state index contributed by atoms with van der Waals surface area (Å²) >= 11 is 0. The van der Waals surface area contributed by atoms with Gasteiger partial charge < -0.3 is 24.4 Å². The van der Waals surface area contributed by atoms with Crippen molar-refractivity contribution in [2.24, 2.45) is 0 Å². The molecule has 1 aliphatic heterocycles. The molecule has 0 saturated carbocycles. The number of ether oxygens (including phenoxy) is 3. The number of benzene rings is 2. The van der Waals surface area contributed by atoms with Crippen LogP contribution in [-0.2, 0) is 11.3 Å². The van der Waals surface area contributed by atoms with Crippen LogP contribution >= 0.6 is 0 Å². The third-order valence-corrected chi connectivity index (χ3v) is 4.95. The summed E-state index contributed by atoms with van der Waals surface area (Å²) in [6, 6.07) is 10.1. The Kier molecular flexibility index (Phi) is 7.15. The van der Waals surface area contributed by atoms with Crippen molar-refractivity contribution in [3.63, 3.8) is 0 Å². The molecule has 0 radical (unpaired) electrons. The molecule has 2 unspecified atom stereocenters. The first kappa shape index (κ1) is 21.9. The van der Waals surface area contributed by atoms with Crippen LogP contribution in [0.5, 0.6) is 11.5 Å². The molecule has 1 saturated heterocycles. The molecule has 1 aliphatic rings. The zero-order valence-electron chi connectivity index (χ0n) is 17.9. The Labute approximate surface area is 176 Å². The van der Waals surface area contributed by atoms with E-state index in [-0.39, 0.29) is 30.5 Å². The fraction of sp³-hybridized carbons (Fsp3) is 0.435. The van der Waals surface area contributed by atoms with Gasteiger partial charge in [-0.2, -0.15) is 0 Å². The van der Waals surface area contributed by atoms with Crippen molar-refractivity contribution >= 4 is 11.6 Å². The topological polar surface area (TPSA) is 60.0 Å². The molecular formula is C23H29FN2O4. The standard InChI is InChI=1S/C23H29FN2O4/c1-5-29-22-11-18(7-9-21(22)28-4)23(27)25-12-17-6-8-20(19(24)10-17)26-13-15(2)30-16(3)14-26/h6-11,15-16H,5,12-14H2,1-4H3,(H,25,27). The highest BCUT2D eigenvalue weighted by molar-refractivity contribution is 5.94. The molecule has 2 aromatic carbocycles. The molecule has 162 valence electrons. The summed E-state index contributed by atoms with van der Waals surface area (Å²) in [6.45, 7) is 7.83. The number of methoxy groups -OCH3 is 1. The maximum Gasteiger partial charge on any atom is 0.251 e. The van der Waals surface area contributed by atoms with E-state index in [0.717, 1.165) is 0 Å². The van der Waals surface area contributed by atoms with Crippen molar-refractivity contribution in [2.75, 3.05) is 31.7 Å². The quantitative estimate of drug-likeness (QED) is 0.745. The van der Waals surface area contributed by atoms with E-state index >= 15 is 0 Å². The molecule has 0 spiro atoms. The van der Waals surface area contributed by atoms with Crippen LogP contribution in [-0.4, -0.2) is 44.9 Å². The number of carbonyl (C=O) groups is 1. The molecule has 30 heavy (non-hydrogen) atoms. The Morgan fingerprint density at radius 3 is 2.53 bits per heavy atom. The number of amides is 1. The fourth-order valence-electron chi connectivity index (χ4n) is 3.66. The summed E-state index contributed by atoms with van der Waals surface area (Å²) in [5, 5.41) is 2.83. The lowest BCUT2D eigenvalue weighted by atomic mass is 10.1. The van der Waals surface area contributed by atoms with Gasteiger partial charge >= 0.3 is 0 Å². The highest BCUT2D eigenvalue weighted by Gasteiger charge is 2.24. The molecule has 1 N–H and O–H groups in total. The maximum absolute atomic E-state index is 14.7. The Hall–Kier alpha value is -2.80. The number of hydrogen-bond donors (Lipinski definition) is 1. The van der Waals surface area contributed by atoms with Crippen LogP contribution in [0.2, 0.25) is 0 Å². The molecule has 7 heteroatoms. The van der Waals surface area contributed by atoms with E-state index in [0.29, 0.717) is 48.0 Å². The second-order valence-electron chi connectivity index (χ2n) is 7.43. The molecule has 0 bridgehead atoms. The first-order valence-corrected chi connectivity index (χ1v) is 10.2. The van der Waals surface area contributed by atoms with Gasteiger partial charge in [0.25, 0.3) is 5.91 Å². The molecule has 3 rings (SSSR count). The summed E-state index contributed by atoms with van der Waals surface area (Å²) in [4.78, 5) is 14.5. The van der Waals surface area contributed by atoms with E-state index in [1.807, 2.05) is 31.7 Å². The summed E-state index contributed by atoms with van der Waals surface area (Å²) in [6.07, 6.45) is 0.108. The van der Waals surface area contributed by atoms with Crippen LogP contribution < -0.4 is 19.7 Å². The Morgan fingerprint density at radius 2 is 1.90 bits per heavy atom. The zero-order chi connectivity index (χ0) is 21.7. The maximum atomic E-state index is 14.7. The van der Waals surface area contributed by atoms with E-state index in [2.05, 4.69) is 5.32 Å². The highest BCUT2D eigenvalue weighted by atomic mass is 19.1. The highest BCUT2D eigenvalue weighted by Crippen LogP contribution is 2.28. The number of hydrogen-bond acceptors (Lipinski definition) is 5. The molecule has 1 heterocycles. The lowest BCUT2D eigenvalue weighted by Gasteiger charge is -2.37. The SMILES string of the molecule is CCOc1cc(C(=O)NCc2ccc(N3CC(C)OC(C)C3)c(F)c2)ccc1OC. The van der Waals surface area contributed by atoms with Gasteiger partial charge in [0.15, 0.2) is 11.5 Å². The number of carbonyl (C=O) groups excluding carboxylic acids is 1. The number of anilines is 1. The number of rotatable bonds is 7. The summed E-state index contributed by atoms with van der Waals surface area (Å²) in [5.74, 6) is 0.514. The second-order valence-corrected chi connectivity index (χ2v) is 7.43. The van der Waals surface area contributed by atoms with Gasteiger partial charge in [-0.05, 0) is 56.7 Å². The minimum atomic E-state index is -0.300. The molecular weight excluding hydrogens is 387 g/mol. The molecule has 2 atom stereocenters. The smallest absolute Gasteiger partial charge is 0.251 e. The molecule has 0 aliphatic carbocycles. The van der Waals surface area contributed by atoms with Gasteiger partial charge in [-0.1, -0.05) is 6.07 Å². The predicted molar refractivity (Wildman–Crippen MR) is 114 cm³/mol. The fourth-order valence-corrected chi connectivity index (χ4v) is 3.66. The molecule has 2 aromatic rings. The third-order valence-electron chi connectivity index (χ3n) is 4.95. The summed E-state index contributed by atoms with van der Waals surface area (Å²) in [5.41, 5.74) is 1.70. The van der Waals surface area contributed by atoms with Crippen LogP contribution in [0.25, 0.3) is 0 Å². The molecule has 1 fully saturated rings. The first-order valence-electron chi connectivity index (χ1n) is 10.2. The average molecular weight is 416 g/mol. The minimum Gasteiger partial charge on any atom is -0.493 e. The number of nitrogens with zero attached hydrogens (tertiary/aromatic N) is 1. The monoisotopic (exact) mass is 416 g/mol. The predicted octanol–water partition coefficient (Wildman–Crippen LogP) is 3.78. The third kappa shape index (κ3) is 5.21. The van der Waals surface area contributed by atoms with Gasteiger partial charge in [0.05, 0.1) is 31.6 Å². The van der Waals surface area contributed by atoms with Crippen molar-refractivity contribution in [3.05, 3.63) is 53.3 Å². The number of halogens is 1. The van der Waals surface area contributed by atoms with E-state index in [1.165, 1.54) is 6.07 Å². The van der Waals surface area contributed by atoms with Crippen LogP contribution in [0.4, 0.5) is 10.1 Å². The van der Waals surface area contributed by atoms with E-state index < -0.39 is 0 Å². The van der Waals surface area contributed by atoms with Crippen LogP contribution in [0.1, 0.15) is 36.7 Å². The van der Waals surface area contributed by atoms with Gasteiger partial charge in [0.1, 0.15) is 5.82 Å². The van der Waals surface area contributed by atoms with Crippen molar-refractivity contribution in [1.29, 1.82) is 0 Å². The van der Waals surface area contributed by atoms with Crippen molar-refractivity contribution in [3.8, 4) is 11.5 Å². The van der Waals surface area contributed by atoms with Gasteiger partial charge in [0, 0.05) is 25.2 Å². The van der Waals surface area contributed by atoms with Gasteiger partial charge in [-0.15, -0.1) is 0 Å². The van der Waals surface area contributed by atoms with E-state index in [1.54, 1.807) is 31.4 Å². The Bertz CT molecular complexity index is 880. The van der Waals surface area contributed by atoms with Gasteiger partial charge in [-0.25, -0.2) is 4.39 Å². The Morgan fingerprint density at radius 1 is 1.17 bits per heavy atom.